The number of rotatable bonds is 8. The first kappa shape index (κ1) is 31.2. The Morgan fingerprint density at radius 3 is 2.21 bits per heavy atom. The number of pyridine rings is 1. The second kappa shape index (κ2) is 12.8. The van der Waals surface area contributed by atoms with Gasteiger partial charge in [-0.2, -0.15) is 4.31 Å². The van der Waals surface area contributed by atoms with Crippen LogP contribution in [0.25, 0.3) is 10.8 Å². The fraction of sp³-hybridized carbons (Fsp3) is 0.516. The molecule has 0 radical (unpaired) electrons. The van der Waals surface area contributed by atoms with Crippen LogP contribution in [0.2, 0.25) is 0 Å². The van der Waals surface area contributed by atoms with Crippen molar-refractivity contribution in [1.82, 2.24) is 13.6 Å². The molecule has 3 aliphatic heterocycles. The van der Waals surface area contributed by atoms with Crippen molar-refractivity contribution < 1.29 is 16.8 Å². The third-order valence-electron chi connectivity index (χ3n) is 9.63. The van der Waals surface area contributed by atoms with Crippen molar-refractivity contribution in [3.05, 3.63) is 67.0 Å². The largest absolute Gasteiger partial charge is 0.371 e. The van der Waals surface area contributed by atoms with Crippen LogP contribution in [0.5, 0.6) is 0 Å². The Kier molecular flexibility index (Phi) is 9.49. The number of hydrogen-bond acceptors (Lipinski definition) is 6. The summed E-state index contributed by atoms with van der Waals surface area (Å²) in [5.41, 5.74) is 1.44. The molecule has 0 N–H and O–H groups in total. The van der Waals surface area contributed by atoms with E-state index < -0.39 is 20.0 Å². The summed E-state index contributed by atoms with van der Waals surface area (Å²) in [4.78, 5) is 6.86. The van der Waals surface area contributed by atoms with Crippen LogP contribution >= 0.6 is 12.4 Å². The lowest BCUT2D eigenvalue weighted by Gasteiger charge is -2.47. The van der Waals surface area contributed by atoms with E-state index in [4.69, 9.17) is 0 Å². The number of sulfonamides is 2. The molecule has 8 nitrogen and oxygen atoms in total. The summed E-state index contributed by atoms with van der Waals surface area (Å²) in [6.45, 7) is 3.65. The molecule has 1 atom stereocenters. The van der Waals surface area contributed by atoms with Crippen molar-refractivity contribution in [3.8, 4) is 0 Å². The van der Waals surface area contributed by atoms with E-state index in [0.717, 1.165) is 62.4 Å². The molecule has 228 valence electrons. The monoisotopic (exact) mass is 632 g/mol. The van der Waals surface area contributed by atoms with Gasteiger partial charge in [0.25, 0.3) is 0 Å². The van der Waals surface area contributed by atoms with Crippen LogP contribution in [0.15, 0.2) is 71.9 Å². The molecule has 0 bridgehead atoms. The van der Waals surface area contributed by atoms with Crippen LogP contribution in [-0.4, -0.2) is 74.9 Å². The summed E-state index contributed by atoms with van der Waals surface area (Å²) in [5.74, 6) is 0.0779. The molecule has 42 heavy (non-hydrogen) atoms. The van der Waals surface area contributed by atoms with Crippen molar-refractivity contribution in [2.45, 2.75) is 62.3 Å². The van der Waals surface area contributed by atoms with Crippen LogP contribution in [0.4, 0.5) is 5.69 Å². The molecular formula is C31H41ClN4O4S2. The lowest BCUT2D eigenvalue weighted by Crippen LogP contribution is -2.48. The molecule has 3 aromatic rings. The molecule has 3 fully saturated rings. The fourth-order valence-electron chi connectivity index (χ4n) is 7.12. The van der Waals surface area contributed by atoms with Crippen LogP contribution in [-0.2, 0) is 20.0 Å². The Hall–Kier alpha value is -2.24. The number of aromatic nitrogens is 1. The van der Waals surface area contributed by atoms with Gasteiger partial charge in [0, 0.05) is 62.2 Å². The minimum atomic E-state index is -3.67. The normalized spacial score (nSPS) is 21.9. The van der Waals surface area contributed by atoms with E-state index in [2.05, 4.69) is 22.0 Å². The Labute approximate surface area is 256 Å². The standard InChI is InChI=1S/C31H40N4O4S2.ClH/c36-40(37,34-23-16-31(17-24-34)14-21-33(22-15-31)27-12-18-32-19-13-27)25-5-9-28-8-4-20-35(28)41(38,39)30-11-3-7-26-6-1-2-10-29(26)30;/h1-3,6-7,10-13,18-19,28H,4-5,8-9,14-17,20-25H2;1H. The zero-order chi connectivity index (χ0) is 28.5. The lowest BCUT2D eigenvalue weighted by molar-refractivity contribution is 0.119. The van der Waals surface area contributed by atoms with Gasteiger partial charge in [-0.25, -0.2) is 21.1 Å². The van der Waals surface area contributed by atoms with Crippen LogP contribution in [0.1, 0.15) is 51.4 Å². The number of nitrogens with zero attached hydrogens (tertiary/aromatic N) is 4. The molecule has 4 heterocycles. The molecule has 3 saturated heterocycles. The third kappa shape index (κ3) is 6.33. The van der Waals surface area contributed by atoms with Gasteiger partial charge in [-0.05, 0) is 80.4 Å². The Morgan fingerprint density at radius 1 is 0.810 bits per heavy atom. The van der Waals surface area contributed by atoms with Gasteiger partial charge >= 0.3 is 0 Å². The summed E-state index contributed by atoms with van der Waals surface area (Å²) in [5, 5.41) is 1.63. The maximum atomic E-state index is 13.7. The summed E-state index contributed by atoms with van der Waals surface area (Å²) in [6.07, 6.45) is 10.3. The van der Waals surface area contributed by atoms with Gasteiger partial charge in [0.1, 0.15) is 0 Å². The average molecular weight is 633 g/mol. The Bertz CT molecular complexity index is 1560. The highest BCUT2D eigenvalue weighted by Gasteiger charge is 2.41. The summed E-state index contributed by atoms with van der Waals surface area (Å²) >= 11 is 0. The molecule has 2 aromatic carbocycles. The molecule has 11 heteroatoms. The molecule has 0 saturated carbocycles. The van der Waals surface area contributed by atoms with Gasteiger partial charge in [-0.15, -0.1) is 12.4 Å². The zero-order valence-corrected chi connectivity index (χ0v) is 26.4. The van der Waals surface area contributed by atoms with Crippen molar-refractivity contribution in [1.29, 1.82) is 0 Å². The first-order chi connectivity index (χ1) is 19.8. The average Bonchev–Trinajstić information content (AvgIpc) is 3.47. The van der Waals surface area contributed by atoms with Gasteiger partial charge < -0.3 is 4.90 Å². The smallest absolute Gasteiger partial charge is 0.243 e. The van der Waals surface area contributed by atoms with E-state index in [9.17, 15) is 16.8 Å². The maximum Gasteiger partial charge on any atom is 0.243 e. The number of fused-ring (bicyclic) bond motifs is 1. The van der Waals surface area contributed by atoms with Gasteiger partial charge in [0.05, 0.1) is 10.6 Å². The highest BCUT2D eigenvalue weighted by atomic mass is 35.5. The van der Waals surface area contributed by atoms with Crippen molar-refractivity contribution in [3.63, 3.8) is 0 Å². The van der Waals surface area contributed by atoms with Gasteiger partial charge in [0.2, 0.25) is 20.0 Å². The van der Waals surface area contributed by atoms with Crippen molar-refractivity contribution in [2.24, 2.45) is 5.41 Å². The minimum Gasteiger partial charge on any atom is -0.371 e. The quantitative estimate of drug-likeness (QED) is 0.335. The number of halogens is 1. The van der Waals surface area contributed by atoms with E-state index in [-0.39, 0.29) is 29.6 Å². The third-order valence-corrected chi connectivity index (χ3v) is 13.6. The van der Waals surface area contributed by atoms with Crippen molar-refractivity contribution >= 4 is 48.9 Å². The Balaban J connectivity index is 0.00000353. The van der Waals surface area contributed by atoms with Crippen molar-refractivity contribution in [2.75, 3.05) is 43.4 Å². The molecule has 6 rings (SSSR count). The van der Waals surface area contributed by atoms with Crippen LogP contribution in [0, 0.1) is 5.41 Å². The van der Waals surface area contributed by atoms with E-state index in [1.807, 2.05) is 42.7 Å². The fourth-order valence-corrected chi connectivity index (χ4v) is 10.6. The maximum absolute atomic E-state index is 13.7. The SMILES string of the molecule is Cl.O=S(=O)(CCCC1CCCN1S(=O)(=O)c1cccc2ccccc12)N1CCC2(CCN(c3ccncc3)CC2)CC1. The highest BCUT2D eigenvalue weighted by Crippen LogP contribution is 2.42. The number of piperidine rings is 2. The highest BCUT2D eigenvalue weighted by molar-refractivity contribution is 7.89. The second-order valence-corrected chi connectivity index (χ2v) is 15.9. The molecule has 1 spiro atoms. The van der Waals surface area contributed by atoms with E-state index in [1.54, 1.807) is 20.7 Å². The van der Waals surface area contributed by atoms with Gasteiger partial charge in [-0.3, -0.25) is 4.98 Å². The van der Waals surface area contributed by atoms with Crippen LogP contribution < -0.4 is 4.90 Å². The number of hydrogen-bond donors (Lipinski definition) is 0. The van der Waals surface area contributed by atoms with E-state index >= 15 is 0 Å². The molecular weight excluding hydrogens is 592 g/mol. The predicted molar refractivity (Wildman–Crippen MR) is 170 cm³/mol. The molecule has 1 unspecified atom stereocenters. The minimum absolute atomic E-state index is 0. The number of anilines is 1. The lowest BCUT2D eigenvalue weighted by atomic mass is 9.71. The Morgan fingerprint density at radius 2 is 1.48 bits per heavy atom. The van der Waals surface area contributed by atoms with E-state index in [0.29, 0.717) is 37.4 Å². The number of benzene rings is 2. The topological polar surface area (TPSA) is 90.9 Å². The molecule has 3 aliphatic rings. The van der Waals surface area contributed by atoms with Gasteiger partial charge in [-0.1, -0.05) is 36.4 Å². The second-order valence-electron chi connectivity index (χ2n) is 11.9. The molecule has 0 amide bonds. The first-order valence-electron chi connectivity index (χ1n) is 14.9. The summed E-state index contributed by atoms with van der Waals surface area (Å²) < 4.78 is 57.3. The first-order valence-corrected chi connectivity index (χ1v) is 17.9. The molecule has 1 aromatic heterocycles. The predicted octanol–water partition coefficient (Wildman–Crippen LogP) is 5.30. The van der Waals surface area contributed by atoms with Crippen LogP contribution in [0.3, 0.4) is 0 Å². The van der Waals surface area contributed by atoms with E-state index in [1.165, 1.54) is 5.69 Å². The van der Waals surface area contributed by atoms with Gasteiger partial charge in [0.15, 0.2) is 0 Å². The summed E-state index contributed by atoms with van der Waals surface area (Å²) in [6, 6.07) is 16.9. The zero-order valence-electron chi connectivity index (χ0n) is 24.0. The molecule has 0 aliphatic carbocycles. The summed E-state index contributed by atoms with van der Waals surface area (Å²) in [7, 11) is -7.04.